The lowest BCUT2D eigenvalue weighted by atomic mass is 9.75. The van der Waals surface area contributed by atoms with Crippen LogP contribution in [0.3, 0.4) is 0 Å². The van der Waals surface area contributed by atoms with Crippen LogP contribution in [0.4, 0.5) is 0 Å². The van der Waals surface area contributed by atoms with Gasteiger partial charge in [0.15, 0.2) is 0 Å². The number of hydrogen-bond donors (Lipinski definition) is 4. The quantitative estimate of drug-likeness (QED) is 0.0597. The molecule has 0 bridgehead atoms. The van der Waals surface area contributed by atoms with E-state index in [1.54, 1.807) is 49.8 Å². The van der Waals surface area contributed by atoms with Crippen molar-refractivity contribution < 1.29 is 53.6 Å². The lowest BCUT2D eigenvalue weighted by Gasteiger charge is -2.58. The predicted octanol–water partition coefficient (Wildman–Crippen LogP) is 3.99. The number of nitrogens with zero attached hydrogens (tertiary/aromatic N) is 2. The topological polar surface area (TPSA) is 152 Å². The van der Waals surface area contributed by atoms with E-state index in [0.717, 1.165) is 25.7 Å². The van der Waals surface area contributed by atoms with Crippen LogP contribution in [0.1, 0.15) is 65.2 Å². The number of rotatable bonds is 25. The number of ether oxygens (including phenoxy) is 7. The van der Waals surface area contributed by atoms with Crippen molar-refractivity contribution in [2.24, 2.45) is 29.6 Å². The highest BCUT2D eigenvalue weighted by molar-refractivity contribution is 5.22. The van der Waals surface area contributed by atoms with Gasteiger partial charge in [-0.1, -0.05) is 107 Å². The van der Waals surface area contributed by atoms with E-state index in [1.165, 1.54) is 25.7 Å². The number of aliphatic hydroxyl groups excluding tert-OH is 4. The van der Waals surface area contributed by atoms with Gasteiger partial charge in [-0.15, -0.1) is 0 Å². The molecule has 0 aromatic carbocycles. The summed E-state index contributed by atoms with van der Waals surface area (Å²) in [6.07, 6.45) is 22.2. The molecule has 17 atom stereocenters. The van der Waals surface area contributed by atoms with E-state index in [0.29, 0.717) is 0 Å². The fourth-order valence-electron chi connectivity index (χ4n) is 10.8. The van der Waals surface area contributed by atoms with Gasteiger partial charge in [0.25, 0.3) is 0 Å². The minimum atomic E-state index is -0.520. The lowest BCUT2D eigenvalue weighted by molar-refractivity contribution is -0.170. The molecule has 0 saturated heterocycles. The molecule has 0 amide bonds. The van der Waals surface area contributed by atoms with Crippen molar-refractivity contribution in [1.29, 1.82) is 0 Å². The van der Waals surface area contributed by atoms with Crippen LogP contribution in [0.25, 0.3) is 0 Å². The first-order valence-electron chi connectivity index (χ1n) is 22.1. The molecule has 0 radical (unpaired) electrons. The normalized spacial score (nSPS) is 37.8. The molecule has 59 heavy (non-hydrogen) atoms. The summed E-state index contributed by atoms with van der Waals surface area (Å²) in [6.45, 7) is 3.76. The molecule has 0 aliphatic heterocycles. The Morgan fingerprint density at radius 2 is 0.915 bits per heavy atom. The highest BCUT2D eigenvalue weighted by atomic mass is 16.6. The van der Waals surface area contributed by atoms with E-state index in [9.17, 15) is 20.4 Å². The maximum Gasteiger partial charge on any atom is 0.115 e. The second kappa shape index (κ2) is 25.5. The Labute approximate surface area is 355 Å². The predicted molar refractivity (Wildman–Crippen MR) is 229 cm³/mol. The molecule has 4 rings (SSSR count). The summed E-state index contributed by atoms with van der Waals surface area (Å²) in [7, 11) is 11.8. The van der Waals surface area contributed by atoms with Gasteiger partial charge in [-0.05, 0) is 6.42 Å². The van der Waals surface area contributed by atoms with E-state index in [-0.39, 0.29) is 74.6 Å². The first-order chi connectivity index (χ1) is 28.7. The van der Waals surface area contributed by atoms with Crippen LogP contribution in [0, 0.1) is 29.6 Å². The van der Waals surface area contributed by atoms with E-state index in [2.05, 4.69) is 60.1 Å². The van der Waals surface area contributed by atoms with Crippen molar-refractivity contribution >= 4 is 0 Å². The van der Waals surface area contributed by atoms with E-state index >= 15 is 0 Å². The van der Waals surface area contributed by atoms with Crippen molar-refractivity contribution in [2.75, 3.05) is 76.2 Å². The number of aliphatic hydroxyl groups is 4. The summed E-state index contributed by atoms with van der Waals surface area (Å²) < 4.78 is 43.2. The maximum atomic E-state index is 11.4. The third kappa shape index (κ3) is 11.3. The van der Waals surface area contributed by atoms with Gasteiger partial charge in [-0.3, -0.25) is 9.80 Å². The summed E-state index contributed by atoms with van der Waals surface area (Å²) in [5.41, 5.74) is 0. The van der Waals surface area contributed by atoms with Gasteiger partial charge in [0.2, 0.25) is 0 Å². The van der Waals surface area contributed by atoms with E-state index in [4.69, 9.17) is 33.2 Å². The molecule has 0 heterocycles. The summed E-state index contributed by atoms with van der Waals surface area (Å²) >= 11 is 0. The molecule has 0 saturated carbocycles. The van der Waals surface area contributed by atoms with Crippen LogP contribution in [0.2, 0.25) is 0 Å². The maximum absolute atomic E-state index is 11.4. The number of hydrogen-bond acceptors (Lipinski definition) is 13. The molecule has 0 fully saturated rings. The zero-order valence-electron chi connectivity index (χ0n) is 37.5. The van der Waals surface area contributed by atoms with Crippen molar-refractivity contribution in [2.45, 2.75) is 138 Å². The molecule has 2 unspecified atom stereocenters. The fourth-order valence-corrected chi connectivity index (χ4v) is 10.8. The lowest BCUT2D eigenvalue weighted by Crippen LogP contribution is -2.70. The third-order valence-corrected chi connectivity index (χ3v) is 13.9. The standard InChI is InChI=1S/C46H80N2O11/c1-10-11-12-13-14-15-16-17-41(48(36-20-18-30(2)42(55-5)34(36)29-52)38-23-25-40(54-4)46(59-9)45(38)58-8)47(35-22-24-39(53-3)33(28-51)32(35)27-50)37-21-19-31(26-49)43(56-6)44(37)57-7/h18-25,30-46,49-52H,10-17,26-29H2,1-9H3/t30-,31+,32+,33+,34-,35+,36+,37?,38+,39-,40-,41?,42-,43-,44-,45-,46-/m1/s1. The Morgan fingerprint density at radius 1 is 0.441 bits per heavy atom. The SMILES string of the molecule is CCCCCCCCCC(N(C1C=C[C@@H](CO)[C@@H](OC)[C@@H]1OC)[C@H]1C=C[C@@H](OC)[C@@H](CO)[C@@H]1CO)N([C@H]1C=C[C@@H](C)[C@@H](OC)[C@@H]1CO)[C@H]1C=C[C@@H](OC)[C@@H](OC)[C@@H]1OC. The molecule has 340 valence electrons. The molecular weight excluding hydrogens is 757 g/mol. The molecule has 0 spiro atoms. The molecule has 0 aromatic rings. The number of unbranched alkanes of at least 4 members (excludes halogenated alkanes) is 6. The smallest absolute Gasteiger partial charge is 0.115 e. The largest absolute Gasteiger partial charge is 0.396 e. The summed E-state index contributed by atoms with van der Waals surface area (Å²) in [5, 5.41) is 44.2. The van der Waals surface area contributed by atoms with Gasteiger partial charge in [0, 0.05) is 105 Å². The van der Waals surface area contributed by atoms with Gasteiger partial charge in [-0.25, -0.2) is 0 Å². The first kappa shape index (κ1) is 50.1. The van der Waals surface area contributed by atoms with Gasteiger partial charge >= 0.3 is 0 Å². The van der Waals surface area contributed by atoms with Crippen molar-refractivity contribution in [1.82, 2.24) is 9.80 Å². The minimum Gasteiger partial charge on any atom is -0.396 e. The molecule has 4 aliphatic carbocycles. The van der Waals surface area contributed by atoms with Crippen LogP contribution in [0.5, 0.6) is 0 Å². The van der Waals surface area contributed by atoms with Crippen molar-refractivity contribution in [3.05, 3.63) is 48.6 Å². The van der Waals surface area contributed by atoms with Gasteiger partial charge in [-0.2, -0.15) is 0 Å². The minimum absolute atomic E-state index is 0.0611. The second-order valence-corrected chi connectivity index (χ2v) is 16.9. The summed E-state index contributed by atoms with van der Waals surface area (Å²) in [4.78, 5) is 4.95. The van der Waals surface area contributed by atoms with Gasteiger partial charge in [0.1, 0.15) is 24.4 Å². The number of methoxy groups -OCH3 is 7. The molecule has 4 N–H and O–H groups in total. The molecule has 4 aliphatic rings. The first-order valence-corrected chi connectivity index (χ1v) is 22.1. The summed E-state index contributed by atoms with van der Waals surface area (Å²) in [5.74, 6) is -1.37. The van der Waals surface area contributed by atoms with Crippen LogP contribution in [-0.4, -0.2) is 179 Å². The van der Waals surface area contributed by atoms with Crippen molar-refractivity contribution in [3.8, 4) is 0 Å². The fraction of sp³-hybridized carbons (Fsp3) is 0.826. The average Bonchev–Trinajstić information content (AvgIpc) is 3.27. The van der Waals surface area contributed by atoms with Gasteiger partial charge in [0.05, 0.1) is 49.8 Å². The molecule has 13 nitrogen and oxygen atoms in total. The van der Waals surface area contributed by atoms with Crippen LogP contribution in [-0.2, 0) is 33.2 Å². The average molecular weight is 837 g/mol. The van der Waals surface area contributed by atoms with Crippen LogP contribution >= 0.6 is 0 Å². The highest BCUT2D eigenvalue weighted by Crippen LogP contribution is 2.42. The van der Waals surface area contributed by atoms with E-state index in [1.807, 2.05) is 12.2 Å². The third-order valence-electron chi connectivity index (χ3n) is 13.9. The second-order valence-electron chi connectivity index (χ2n) is 16.9. The van der Waals surface area contributed by atoms with Crippen molar-refractivity contribution in [3.63, 3.8) is 0 Å². The Kier molecular flexibility index (Phi) is 21.7. The monoisotopic (exact) mass is 837 g/mol. The molecule has 13 heteroatoms. The molecule has 0 aromatic heterocycles. The van der Waals surface area contributed by atoms with Crippen LogP contribution < -0.4 is 0 Å². The summed E-state index contributed by atoms with van der Waals surface area (Å²) in [6, 6.07) is -1.53. The van der Waals surface area contributed by atoms with E-state index < -0.39 is 54.4 Å². The highest BCUT2D eigenvalue weighted by Gasteiger charge is 2.53. The van der Waals surface area contributed by atoms with Gasteiger partial charge < -0.3 is 53.6 Å². The Balaban J connectivity index is 2.06. The zero-order valence-corrected chi connectivity index (χ0v) is 37.5. The zero-order chi connectivity index (χ0) is 43.1. The Morgan fingerprint density at radius 3 is 1.44 bits per heavy atom. The Bertz CT molecular complexity index is 1260. The Hall–Kier alpha value is -1.56. The van der Waals surface area contributed by atoms with Crippen LogP contribution in [0.15, 0.2) is 48.6 Å². The molecular formula is C46H80N2O11.